The van der Waals surface area contributed by atoms with Crippen molar-refractivity contribution in [2.45, 2.75) is 6.92 Å². The van der Waals surface area contributed by atoms with Gasteiger partial charge in [0.2, 0.25) is 5.69 Å². The molecule has 0 aliphatic rings. The molecule has 5 heteroatoms. The first kappa shape index (κ1) is 12.9. The lowest BCUT2D eigenvalue weighted by Crippen LogP contribution is -2.04. The quantitative estimate of drug-likeness (QED) is 0.837. The molecule has 2 aromatic rings. The van der Waals surface area contributed by atoms with Crippen LogP contribution < -0.4 is 4.74 Å². The summed E-state index contributed by atoms with van der Waals surface area (Å²) in [4.78, 5) is 11.1. The van der Waals surface area contributed by atoms with Crippen molar-refractivity contribution in [2.24, 2.45) is 0 Å². The van der Waals surface area contributed by atoms with E-state index in [1.165, 1.54) is 4.68 Å². The number of carbonyl (C=O) groups is 1. The Kier molecular flexibility index (Phi) is 3.66. The minimum atomic E-state index is -1.12. The highest BCUT2D eigenvalue weighted by molar-refractivity contribution is 5.88. The summed E-state index contributed by atoms with van der Waals surface area (Å²) in [6, 6.07) is 9.25. The molecular weight excluding hydrogens is 244 g/mol. The molecule has 0 unspecified atom stereocenters. The second-order valence-electron chi connectivity index (χ2n) is 4.17. The lowest BCUT2D eigenvalue weighted by Gasteiger charge is -2.02. The summed E-state index contributed by atoms with van der Waals surface area (Å²) in [7, 11) is 0. The van der Waals surface area contributed by atoms with E-state index in [0.717, 1.165) is 11.3 Å². The molecular formula is C14H14N2O3. The van der Waals surface area contributed by atoms with Gasteiger partial charge >= 0.3 is 5.97 Å². The van der Waals surface area contributed by atoms with Crippen LogP contribution in [0.3, 0.4) is 0 Å². The average Bonchev–Trinajstić information content (AvgIpc) is 2.81. The van der Waals surface area contributed by atoms with Crippen molar-refractivity contribution < 1.29 is 14.6 Å². The molecule has 1 aromatic carbocycles. The highest BCUT2D eigenvalue weighted by atomic mass is 16.5. The maximum Gasteiger partial charge on any atom is 0.360 e. The fourth-order valence-electron chi connectivity index (χ4n) is 1.53. The average molecular weight is 258 g/mol. The van der Waals surface area contributed by atoms with Gasteiger partial charge in [-0.2, -0.15) is 5.10 Å². The third-order valence-electron chi connectivity index (χ3n) is 2.38. The smallest absolute Gasteiger partial charge is 0.360 e. The molecule has 19 heavy (non-hydrogen) atoms. The number of hydrogen-bond acceptors (Lipinski definition) is 3. The number of ether oxygens (including phenoxy) is 1. The van der Waals surface area contributed by atoms with Crippen LogP contribution in [0.4, 0.5) is 0 Å². The van der Waals surface area contributed by atoms with Crippen LogP contribution in [0.15, 0.2) is 48.7 Å². The lowest BCUT2D eigenvalue weighted by molar-refractivity contribution is 0.0686. The third kappa shape index (κ3) is 3.01. The van der Waals surface area contributed by atoms with Crippen LogP contribution in [-0.2, 0) is 0 Å². The Balaban J connectivity index is 2.35. The number of para-hydroxylation sites is 1. The predicted octanol–water partition coefficient (Wildman–Crippen LogP) is 2.53. The Morgan fingerprint density at radius 3 is 2.68 bits per heavy atom. The van der Waals surface area contributed by atoms with Crippen LogP contribution in [0.2, 0.25) is 0 Å². The number of rotatable bonds is 5. The molecule has 0 aliphatic carbocycles. The van der Waals surface area contributed by atoms with Gasteiger partial charge in [-0.25, -0.2) is 9.48 Å². The van der Waals surface area contributed by atoms with Crippen molar-refractivity contribution in [2.75, 3.05) is 6.61 Å². The van der Waals surface area contributed by atoms with Gasteiger partial charge in [0, 0.05) is 0 Å². The van der Waals surface area contributed by atoms with Crippen molar-refractivity contribution in [1.29, 1.82) is 0 Å². The number of aromatic carboxylic acids is 1. The molecule has 0 aliphatic heterocycles. The van der Waals surface area contributed by atoms with Crippen molar-refractivity contribution in [3.63, 3.8) is 0 Å². The topological polar surface area (TPSA) is 64.4 Å². The van der Waals surface area contributed by atoms with Crippen molar-refractivity contribution in [1.82, 2.24) is 9.78 Å². The molecule has 0 amide bonds. The highest BCUT2D eigenvalue weighted by Gasteiger charge is 2.17. The zero-order valence-corrected chi connectivity index (χ0v) is 10.5. The summed E-state index contributed by atoms with van der Waals surface area (Å²) in [6.07, 6.45) is 1.56. The van der Waals surface area contributed by atoms with E-state index in [4.69, 9.17) is 9.84 Å². The van der Waals surface area contributed by atoms with E-state index in [-0.39, 0.29) is 18.1 Å². The molecule has 0 bridgehead atoms. The first-order chi connectivity index (χ1) is 9.08. The number of carboxylic acids is 1. The molecule has 0 radical (unpaired) electrons. The molecule has 2 rings (SSSR count). The highest BCUT2D eigenvalue weighted by Crippen LogP contribution is 2.20. The monoisotopic (exact) mass is 258 g/mol. The molecule has 1 aromatic heterocycles. The Morgan fingerprint density at radius 1 is 1.42 bits per heavy atom. The van der Waals surface area contributed by atoms with Crippen molar-refractivity contribution in [3.8, 4) is 11.4 Å². The summed E-state index contributed by atoms with van der Waals surface area (Å²) < 4.78 is 6.88. The Morgan fingerprint density at radius 2 is 2.11 bits per heavy atom. The normalized spacial score (nSPS) is 10.2. The molecule has 0 fully saturated rings. The molecule has 98 valence electrons. The minimum Gasteiger partial charge on any atom is -0.485 e. The Hall–Kier alpha value is -2.56. The maximum absolute atomic E-state index is 11.1. The second-order valence-corrected chi connectivity index (χ2v) is 4.17. The van der Waals surface area contributed by atoms with Gasteiger partial charge in [-0.3, -0.25) is 0 Å². The van der Waals surface area contributed by atoms with Gasteiger partial charge in [0.25, 0.3) is 0 Å². The summed E-state index contributed by atoms with van der Waals surface area (Å²) in [5, 5.41) is 13.1. The van der Waals surface area contributed by atoms with Crippen LogP contribution in [-0.4, -0.2) is 27.5 Å². The van der Waals surface area contributed by atoms with Gasteiger partial charge in [-0.05, 0) is 24.6 Å². The van der Waals surface area contributed by atoms with Gasteiger partial charge in [0.1, 0.15) is 6.61 Å². The van der Waals surface area contributed by atoms with E-state index in [1.54, 1.807) is 6.20 Å². The van der Waals surface area contributed by atoms with Gasteiger partial charge < -0.3 is 9.84 Å². The molecule has 1 heterocycles. The zero-order valence-electron chi connectivity index (χ0n) is 10.5. The van der Waals surface area contributed by atoms with Gasteiger partial charge in [-0.15, -0.1) is 0 Å². The maximum atomic E-state index is 11.1. The van der Waals surface area contributed by atoms with Crippen LogP contribution in [0.1, 0.15) is 17.4 Å². The molecule has 1 N–H and O–H groups in total. The van der Waals surface area contributed by atoms with Crippen molar-refractivity contribution in [3.05, 3.63) is 54.4 Å². The van der Waals surface area contributed by atoms with Gasteiger partial charge in [0.15, 0.2) is 5.75 Å². The number of benzene rings is 1. The first-order valence-corrected chi connectivity index (χ1v) is 5.73. The first-order valence-electron chi connectivity index (χ1n) is 5.73. The SMILES string of the molecule is C=C(C)COc1cn(-c2ccccc2)nc1C(=O)O. The van der Waals surface area contributed by atoms with Crippen molar-refractivity contribution >= 4 is 5.97 Å². The number of nitrogens with zero attached hydrogens (tertiary/aromatic N) is 2. The fourth-order valence-corrected chi connectivity index (χ4v) is 1.53. The van der Waals surface area contributed by atoms with Crippen LogP contribution >= 0.6 is 0 Å². The standard InChI is InChI=1S/C14H14N2O3/c1-10(2)9-19-12-8-16(15-13(12)14(17)18)11-6-4-3-5-7-11/h3-8H,1,9H2,2H3,(H,17,18). The van der Waals surface area contributed by atoms with Gasteiger partial charge in [-0.1, -0.05) is 24.8 Å². The second kappa shape index (κ2) is 5.39. The summed E-state index contributed by atoms with van der Waals surface area (Å²) >= 11 is 0. The van der Waals surface area contributed by atoms with E-state index in [0.29, 0.717) is 0 Å². The van der Waals surface area contributed by atoms with Crippen LogP contribution in [0.25, 0.3) is 5.69 Å². The number of hydrogen-bond donors (Lipinski definition) is 1. The van der Waals surface area contributed by atoms with E-state index in [1.807, 2.05) is 37.3 Å². The zero-order chi connectivity index (χ0) is 13.8. The van der Waals surface area contributed by atoms with E-state index in [2.05, 4.69) is 11.7 Å². The molecule has 0 spiro atoms. The van der Waals surface area contributed by atoms with E-state index in [9.17, 15) is 4.79 Å². The molecule has 5 nitrogen and oxygen atoms in total. The fraction of sp³-hybridized carbons (Fsp3) is 0.143. The van der Waals surface area contributed by atoms with E-state index < -0.39 is 5.97 Å². The van der Waals surface area contributed by atoms with Gasteiger partial charge in [0.05, 0.1) is 11.9 Å². The largest absolute Gasteiger partial charge is 0.485 e. The number of aromatic nitrogens is 2. The van der Waals surface area contributed by atoms with E-state index >= 15 is 0 Å². The minimum absolute atomic E-state index is 0.106. The predicted molar refractivity (Wildman–Crippen MR) is 70.8 cm³/mol. The Labute approximate surface area is 110 Å². The third-order valence-corrected chi connectivity index (χ3v) is 2.38. The van der Waals surface area contributed by atoms with Crippen LogP contribution in [0.5, 0.6) is 5.75 Å². The Bertz CT molecular complexity index is 602. The molecule has 0 saturated carbocycles. The van der Waals surface area contributed by atoms with Crippen LogP contribution in [0, 0.1) is 0 Å². The lowest BCUT2D eigenvalue weighted by atomic mass is 10.3. The summed E-state index contributed by atoms with van der Waals surface area (Å²) in [5.74, 6) is -0.884. The molecule has 0 saturated heterocycles. The molecule has 0 atom stereocenters. The number of carboxylic acid groups (broad SMARTS) is 1. The summed E-state index contributed by atoms with van der Waals surface area (Å²) in [6.45, 7) is 5.78. The summed E-state index contributed by atoms with van der Waals surface area (Å²) in [5.41, 5.74) is 1.48.